The molecule has 0 amide bonds. The van der Waals surface area contributed by atoms with Crippen molar-refractivity contribution in [2.45, 2.75) is 25.3 Å². The van der Waals surface area contributed by atoms with Gasteiger partial charge in [-0.1, -0.05) is 13.8 Å². The number of nitrogens with zero attached hydrogens (tertiary/aromatic N) is 2. The zero-order chi connectivity index (χ0) is 11.8. The van der Waals surface area contributed by atoms with Gasteiger partial charge in [-0.25, -0.2) is 9.98 Å². The van der Waals surface area contributed by atoms with Crippen LogP contribution in [0.4, 0.5) is 5.69 Å². The van der Waals surface area contributed by atoms with Gasteiger partial charge in [0.25, 0.3) is 0 Å². The Morgan fingerprint density at radius 1 is 1.56 bits per heavy atom. The van der Waals surface area contributed by atoms with Crippen LogP contribution in [0, 0.1) is 5.92 Å². The molecule has 5 heteroatoms. The average molecular weight is 239 g/mol. The molecule has 88 valence electrons. The summed E-state index contributed by atoms with van der Waals surface area (Å²) in [5.41, 5.74) is 2.57. The van der Waals surface area contributed by atoms with E-state index in [1.807, 2.05) is 17.6 Å². The van der Waals surface area contributed by atoms with Crippen molar-refractivity contribution < 1.29 is 5.21 Å². The summed E-state index contributed by atoms with van der Waals surface area (Å²) >= 11 is 1.75. The van der Waals surface area contributed by atoms with Crippen molar-refractivity contribution in [3.63, 3.8) is 0 Å². The second kappa shape index (κ2) is 7.24. The molecule has 0 aliphatic carbocycles. The number of hydrogen-bond acceptors (Lipinski definition) is 4. The Kier molecular flexibility index (Phi) is 5.88. The van der Waals surface area contributed by atoms with E-state index in [1.54, 1.807) is 18.0 Å². The van der Waals surface area contributed by atoms with Gasteiger partial charge in [-0.3, -0.25) is 10.7 Å². The maximum Gasteiger partial charge on any atom is 0.113 e. The third-order valence-electron chi connectivity index (χ3n) is 1.94. The molecule has 0 atom stereocenters. The Morgan fingerprint density at radius 2 is 2.38 bits per heavy atom. The molecule has 1 heterocycles. The molecule has 0 bridgehead atoms. The number of pyridine rings is 1. The topological polar surface area (TPSA) is 57.5 Å². The molecule has 1 rings (SSSR count). The van der Waals surface area contributed by atoms with Crippen LogP contribution in [0.1, 0.15) is 20.3 Å². The van der Waals surface area contributed by atoms with Crippen LogP contribution in [-0.4, -0.2) is 22.3 Å². The normalized spacial score (nSPS) is 11.2. The highest BCUT2D eigenvalue weighted by molar-refractivity contribution is 7.99. The lowest BCUT2D eigenvalue weighted by Gasteiger charge is -2.03. The molecule has 0 aliphatic heterocycles. The van der Waals surface area contributed by atoms with E-state index < -0.39 is 0 Å². The summed E-state index contributed by atoms with van der Waals surface area (Å²) in [4.78, 5) is 8.18. The first-order valence-corrected chi connectivity index (χ1v) is 6.22. The predicted octanol–water partition coefficient (Wildman–Crippen LogP) is 2.86. The molecule has 16 heavy (non-hydrogen) atoms. The van der Waals surface area contributed by atoms with E-state index in [1.165, 1.54) is 12.8 Å². The number of aliphatic imine (C=N–C) groups is 1. The van der Waals surface area contributed by atoms with E-state index >= 15 is 0 Å². The zero-order valence-corrected chi connectivity index (χ0v) is 10.4. The summed E-state index contributed by atoms with van der Waals surface area (Å²) in [6.45, 7) is 4.43. The van der Waals surface area contributed by atoms with Crippen molar-refractivity contribution >= 4 is 23.8 Å². The number of aromatic nitrogens is 1. The molecular formula is C11H17N3OS. The summed E-state index contributed by atoms with van der Waals surface area (Å²) < 4.78 is 0. The Hall–Kier alpha value is -1.07. The van der Waals surface area contributed by atoms with Crippen LogP contribution in [0.15, 0.2) is 28.3 Å². The van der Waals surface area contributed by atoms with Crippen LogP contribution in [-0.2, 0) is 0 Å². The van der Waals surface area contributed by atoms with Crippen LogP contribution < -0.4 is 5.48 Å². The third-order valence-corrected chi connectivity index (χ3v) is 2.91. The van der Waals surface area contributed by atoms with Gasteiger partial charge in [0.1, 0.15) is 6.34 Å². The molecule has 0 aliphatic rings. The first-order chi connectivity index (χ1) is 7.72. The predicted molar refractivity (Wildman–Crippen MR) is 67.5 cm³/mol. The summed E-state index contributed by atoms with van der Waals surface area (Å²) in [5, 5.41) is 9.34. The van der Waals surface area contributed by atoms with Crippen molar-refractivity contribution in [1.82, 2.24) is 10.5 Å². The average Bonchev–Trinajstić information content (AvgIpc) is 2.27. The molecular weight excluding hydrogens is 222 g/mol. The number of rotatable bonds is 6. The van der Waals surface area contributed by atoms with Gasteiger partial charge in [-0.2, -0.15) is 0 Å². The summed E-state index contributed by atoms with van der Waals surface area (Å²) in [7, 11) is 0. The highest BCUT2D eigenvalue weighted by Crippen LogP contribution is 2.20. The standard InChI is InChI=1S/C11H17N3OS/c1-9(2)5-6-16-11-4-3-10(7-12-11)13-8-14-15/h3-4,7-9,15H,5-6H2,1-2H3,(H,13,14). The molecule has 2 N–H and O–H groups in total. The van der Waals surface area contributed by atoms with E-state index in [0.717, 1.165) is 22.4 Å². The molecule has 0 saturated heterocycles. The number of hydroxylamine groups is 1. The van der Waals surface area contributed by atoms with Crippen LogP contribution in [0.3, 0.4) is 0 Å². The highest BCUT2D eigenvalue weighted by atomic mass is 32.2. The molecule has 0 aromatic carbocycles. The molecule has 1 aromatic rings. The number of nitrogens with one attached hydrogen (secondary N) is 1. The monoisotopic (exact) mass is 239 g/mol. The van der Waals surface area contributed by atoms with Crippen molar-refractivity contribution in [1.29, 1.82) is 0 Å². The van der Waals surface area contributed by atoms with Crippen molar-refractivity contribution in [3.05, 3.63) is 18.3 Å². The van der Waals surface area contributed by atoms with Gasteiger partial charge >= 0.3 is 0 Å². The van der Waals surface area contributed by atoms with Gasteiger partial charge in [0, 0.05) is 0 Å². The zero-order valence-electron chi connectivity index (χ0n) is 9.55. The van der Waals surface area contributed by atoms with Crippen LogP contribution in [0.5, 0.6) is 0 Å². The highest BCUT2D eigenvalue weighted by Gasteiger charge is 1.98. The molecule has 0 saturated carbocycles. The van der Waals surface area contributed by atoms with Gasteiger partial charge in [0.15, 0.2) is 0 Å². The summed E-state index contributed by atoms with van der Waals surface area (Å²) in [5.74, 6) is 1.82. The first kappa shape index (κ1) is 13.0. The first-order valence-electron chi connectivity index (χ1n) is 5.23. The van der Waals surface area contributed by atoms with Crippen molar-refractivity contribution in [2.75, 3.05) is 5.75 Å². The Labute approximate surface area is 100 Å². The van der Waals surface area contributed by atoms with E-state index in [4.69, 9.17) is 5.21 Å². The number of hydrogen-bond donors (Lipinski definition) is 2. The molecule has 0 spiro atoms. The maximum absolute atomic E-state index is 8.33. The second-order valence-electron chi connectivity index (χ2n) is 3.77. The van der Waals surface area contributed by atoms with E-state index in [9.17, 15) is 0 Å². The summed E-state index contributed by atoms with van der Waals surface area (Å²) in [6.07, 6.45) is 4.09. The van der Waals surface area contributed by atoms with E-state index in [-0.39, 0.29) is 0 Å². The lowest BCUT2D eigenvalue weighted by molar-refractivity contribution is 0.240. The Bertz CT molecular complexity index is 325. The Balaban J connectivity index is 2.42. The van der Waals surface area contributed by atoms with Gasteiger partial charge in [-0.15, -0.1) is 11.8 Å². The molecule has 0 unspecified atom stereocenters. The Morgan fingerprint density at radius 3 is 2.94 bits per heavy atom. The van der Waals surface area contributed by atoms with Gasteiger partial charge in [-0.05, 0) is 30.2 Å². The lowest BCUT2D eigenvalue weighted by atomic mass is 10.2. The van der Waals surface area contributed by atoms with Crippen molar-refractivity contribution in [3.8, 4) is 0 Å². The molecule has 1 aromatic heterocycles. The van der Waals surface area contributed by atoms with Crippen LogP contribution >= 0.6 is 11.8 Å². The van der Waals surface area contributed by atoms with Crippen molar-refractivity contribution in [2.24, 2.45) is 10.9 Å². The minimum absolute atomic E-state index is 0.717. The smallest absolute Gasteiger partial charge is 0.113 e. The number of thioether (sulfide) groups is 1. The largest absolute Gasteiger partial charge is 0.290 e. The minimum Gasteiger partial charge on any atom is -0.290 e. The fraction of sp³-hybridized carbons (Fsp3) is 0.455. The van der Waals surface area contributed by atoms with Crippen LogP contribution in [0.25, 0.3) is 0 Å². The van der Waals surface area contributed by atoms with Gasteiger partial charge in [0.2, 0.25) is 0 Å². The van der Waals surface area contributed by atoms with E-state index in [0.29, 0.717) is 0 Å². The quantitative estimate of drug-likeness (QED) is 0.347. The second-order valence-corrected chi connectivity index (χ2v) is 4.89. The summed E-state index contributed by atoms with van der Waals surface area (Å²) in [6, 6.07) is 3.81. The molecule has 0 fully saturated rings. The minimum atomic E-state index is 0.717. The van der Waals surface area contributed by atoms with E-state index in [2.05, 4.69) is 23.8 Å². The molecule has 4 nitrogen and oxygen atoms in total. The third kappa shape index (κ3) is 5.14. The fourth-order valence-corrected chi connectivity index (χ4v) is 2.13. The maximum atomic E-state index is 8.33. The van der Waals surface area contributed by atoms with Gasteiger partial charge < -0.3 is 0 Å². The van der Waals surface area contributed by atoms with Crippen LogP contribution in [0.2, 0.25) is 0 Å². The fourth-order valence-electron chi connectivity index (χ4n) is 1.04. The lowest BCUT2D eigenvalue weighted by Crippen LogP contribution is -2.00. The SMILES string of the molecule is CC(C)CCSc1ccc(N=CNO)cn1. The molecule has 0 radical (unpaired) electrons. The van der Waals surface area contributed by atoms with Gasteiger partial charge in [0.05, 0.1) is 16.9 Å².